The Kier molecular flexibility index (Phi) is 4.73. The van der Waals surface area contributed by atoms with E-state index in [9.17, 15) is 0 Å². The molecule has 0 atom stereocenters. The summed E-state index contributed by atoms with van der Waals surface area (Å²) in [4.78, 5) is 6.62. The fourth-order valence-corrected chi connectivity index (χ4v) is 1.93. The van der Waals surface area contributed by atoms with Crippen molar-refractivity contribution in [2.24, 2.45) is 5.84 Å². The lowest BCUT2D eigenvalue weighted by Gasteiger charge is -2.27. The Labute approximate surface area is 102 Å². The van der Waals surface area contributed by atoms with Gasteiger partial charge in [-0.3, -0.25) is 9.91 Å². The van der Waals surface area contributed by atoms with Crippen molar-refractivity contribution in [3.8, 4) is 0 Å². The van der Waals surface area contributed by atoms with Crippen LogP contribution in [0.3, 0.4) is 0 Å². The minimum atomic E-state index is 0.828. The molecular weight excluding hydrogens is 216 g/mol. The summed E-state index contributed by atoms with van der Waals surface area (Å²) in [5.41, 5.74) is 0. The van der Waals surface area contributed by atoms with Gasteiger partial charge in [0.15, 0.2) is 0 Å². The van der Waals surface area contributed by atoms with E-state index in [0.29, 0.717) is 0 Å². The van der Waals surface area contributed by atoms with Gasteiger partial charge in [-0.25, -0.2) is 10.8 Å². The second kappa shape index (κ2) is 6.54. The zero-order valence-electron chi connectivity index (χ0n) is 10.1. The average molecular weight is 236 g/mol. The molecule has 0 unspecified atom stereocenters. The fraction of sp³-hybridized carbons (Fsp3) is 0.583. The second-order valence-corrected chi connectivity index (χ2v) is 4.19. The van der Waals surface area contributed by atoms with E-state index in [1.807, 2.05) is 18.2 Å². The van der Waals surface area contributed by atoms with Gasteiger partial charge in [-0.2, -0.15) is 0 Å². The van der Waals surface area contributed by atoms with Gasteiger partial charge in [0.25, 0.3) is 0 Å². The number of morpholine rings is 1. The number of hydrogen-bond acceptors (Lipinski definition) is 5. The zero-order chi connectivity index (χ0) is 11.9. The monoisotopic (exact) mass is 236 g/mol. The molecular formula is C12H20N4O. The highest BCUT2D eigenvalue weighted by atomic mass is 16.5. The van der Waals surface area contributed by atoms with Crippen molar-refractivity contribution >= 4 is 5.82 Å². The molecule has 2 N–H and O–H groups in total. The summed E-state index contributed by atoms with van der Waals surface area (Å²) in [6.07, 6.45) is 2.81. The van der Waals surface area contributed by atoms with E-state index in [1.165, 1.54) is 0 Å². The van der Waals surface area contributed by atoms with Gasteiger partial charge < -0.3 is 4.74 Å². The Hall–Kier alpha value is -1.17. The number of ether oxygens (including phenoxy) is 1. The van der Waals surface area contributed by atoms with Gasteiger partial charge in [0.2, 0.25) is 0 Å². The Balaban J connectivity index is 1.67. The van der Waals surface area contributed by atoms with Crippen molar-refractivity contribution in [1.82, 2.24) is 9.88 Å². The SMILES string of the molecule is NN(CCCN1CCOCC1)c1ccccn1. The van der Waals surface area contributed by atoms with Gasteiger partial charge in [0.05, 0.1) is 13.2 Å². The molecule has 94 valence electrons. The van der Waals surface area contributed by atoms with E-state index in [4.69, 9.17) is 10.6 Å². The smallest absolute Gasteiger partial charge is 0.142 e. The molecule has 0 saturated carbocycles. The number of hydrogen-bond donors (Lipinski definition) is 1. The van der Waals surface area contributed by atoms with Gasteiger partial charge in [-0.1, -0.05) is 6.07 Å². The molecule has 1 aliphatic heterocycles. The largest absolute Gasteiger partial charge is 0.379 e. The molecule has 0 radical (unpaired) electrons. The van der Waals surface area contributed by atoms with Crippen molar-refractivity contribution in [2.45, 2.75) is 6.42 Å². The molecule has 5 nitrogen and oxygen atoms in total. The molecule has 5 heteroatoms. The maximum Gasteiger partial charge on any atom is 0.142 e. The molecule has 1 aromatic heterocycles. The minimum Gasteiger partial charge on any atom is -0.379 e. The van der Waals surface area contributed by atoms with Crippen molar-refractivity contribution in [3.63, 3.8) is 0 Å². The molecule has 17 heavy (non-hydrogen) atoms. The maximum absolute atomic E-state index is 5.94. The third-order valence-electron chi connectivity index (χ3n) is 2.92. The Bertz CT molecular complexity index is 314. The lowest BCUT2D eigenvalue weighted by Crippen LogP contribution is -2.39. The van der Waals surface area contributed by atoms with E-state index < -0.39 is 0 Å². The Morgan fingerprint density at radius 2 is 2.18 bits per heavy atom. The van der Waals surface area contributed by atoms with E-state index in [0.717, 1.165) is 51.6 Å². The van der Waals surface area contributed by atoms with Crippen LogP contribution < -0.4 is 10.9 Å². The molecule has 1 fully saturated rings. The van der Waals surface area contributed by atoms with Crippen molar-refractivity contribution in [3.05, 3.63) is 24.4 Å². The normalized spacial score (nSPS) is 17.0. The molecule has 0 spiro atoms. The highest BCUT2D eigenvalue weighted by Crippen LogP contribution is 2.05. The first-order valence-electron chi connectivity index (χ1n) is 6.09. The molecule has 0 aliphatic carbocycles. The first-order chi connectivity index (χ1) is 8.36. The number of pyridine rings is 1. The molecule has 2 rings (SSSR count). The standard InChI is InChI=1S/C12H20N4O/c13-16(12-4-1-2-5-14-12)7-3-6-15-8-10-17-11-9-15/h1-2,4-5H,3,6-11,13H2. The third kappa shape index (κ3) is 3.96. The summed E-state index contributed by atoms with van der Waals surface area (Å²) < 4.78 is 5.31. The highest BCUT2D eigenvalue weighted by Gasteiger charge is 2.10. The predicted molar refractivity (Wildman–Crippen MR) is 67.6 cm³/mol. The Morgan fingerprint density at radius 1 is 1.35 bits per heavy atom. The maximum atomic E-state index is 5.94. The molecule has 2 heterocycles. The summed E-state index contributed by atoms with van der Waals surface area (Å²) in [6, 6.07) is 5.77. The van der Waals surface area contributed by atoms with Crippen LogP contribution in [-0.4, -0.2) is 49.3 Å². The first kappa shape index (κ1) is 12.3. The minimum absolute atomic E-state index is 0.828. The summed E-state index contributed by atoms with van der Waals surface area (Å²) in [5, 5.41) is 1.71. The number of nitrogens with zero attached hydrogens (tertiary/aromatic N) is 3. The van der Waals surface area contributed by atoms with E-state index in [-0.39, 0.29) is 0 Å². The Morgan fingerprint density at radius 3 is 2.88 bits per heavy atom. The molecule has 1 aromatic rings. The molecule has 0 aromatic carbocycles. The molecule has 0 bridgehead atoms. The second-order valence-electron chi connectivity index (χ2n) is 4.19. The molecule has 1 aliphatic rings. The van der Waals surface area contributed by atoms with Gasteiger partial charge >= 0.3 is 0 Å². The lowest BCUT2D eigenvalue weighted by atomic mass is 10.3. The zero-order valence-corrected chi connectivity index (χ0v) is 10.1. The number of hydrazine groups is 1. The van der Waals surface area contributed by atoms with Crippen LogP contribution in [0.2, 0.25) is 0 Å². The van der Waals surface area contributed by atoms with Crippen molar-refractivity contribution in [1.29, 1.82) is 0 Å². The number of nitrogens with two attached hydrogens (primary N) is 1. The number of rotatable bonds is 5. The summed E-state index contributed by atoms with van der Waals surface area (Å²) in [6.45, 7) is 5.68. The predicted octanol–water partition coefficient (Wildman–Crippen LogP) is 0.484. The number of aromatic nitrogens is 1. The summed E-state index contributed by atoms with van der Waals surface area (Å²) >= 11 is 0. The lowest BCUT2D eigenvalue weighted by molar-refractivity contribution is 0.0376. The van der Waals surface area contributed by atoms with E-state index >= 15 is 0 Å². The van der Waals surface area contributed by atoms with Crippen LogP contribution in [0.5, 0.6) is 0 Å². The van der Waals surface area contributed by atoms with Gasteiger partial charge in [-0.05, 0) is 18.6 Å². The van der Waals surface area contributed by atoms with Crippen molar-refractivity contribution in [2.75, 3.05) is 44.4 Å². The summed E-state index contributed by atoms with van der Waals surface area (Å²) in [5.74, 6) is 6.77. The van der Waals surface area contributed by atoms with Crippen LogP contribution in [0.25, 0.3) is 0 Å². The van der Waals surface area contributed by atoms with Gasteiger partial charge in [0.1, 0.15) is 5.82 Å². The van der Waals surface area contributed by atoms with Gasteiger partial charge in [0, 0.05) is 32.4 Å². The van der Waals surface area contributed by atoms with E-state index in [2.05, 4.69) is 9.88 Å². The molecule has 0 amide bonds. The van der Waals surface area contributed by atoms with Crippen LogP contribution in [-0.2, 0) is 4.74 Å². The third-order valence-corrected chi connectivity index (χ3v) is 2.92. The van der Waals surface area contributed by atoms with Crippen LogP contribution in [0, 0.1) is 0 Å². The molecule has 1 saturated heterocycles. The van der Waals surface area contributed by atoms with Crippen LogP contribution in [0.4, 0.5) is 5.82 Å². The number of anilines is 1. The first-order valence-corrected chi connectivity index (χ1v) is 6.09. The van der Waals surface area contributed by atoms with Gasteiger partial charge in [-0.15, -0.1) is 0 Å². The van der Waals surface area contributed by atoms with E-state index in [1.54, 1.807) is 11.2 Å². The van der Waals surface area contributed by atoms with Crippen LogP contribution in [0.1, 0.15) is 6.42 Å². The van der Waals surface area contributed by atoms with Crippen molar-refractivity contribution < 1.29 is 4.74 Å². The average Bonchev–Trinajstić information content (AvgIpc) is 2.41. The fourth-order valence-electron chi connectivity index (χ4n) is 1.93. The summed E-state index contributed by atoms with van der Waals surface area (Å²) in [7, 11) is 0. The quantitative estimate of drug-likeness (QED) is 0.595. The van der Waals surface area contributed by atoms with Crippen LogP contribution >= 0.6 is 0 Å². The van der Waals surface area contributed by atoms with Crippen LogP contribution in [0.15, 0.2) is 24.4 Å². The highest BCUT2D eigenvalue weighted by molar-refractivity contribution is 5.34. The topological polar surface area (TPSA) is 54.6 Å².